The average molecular weight is 154 g/mol. The summed E-state index contributed by atoms with van der Waals surface area (Å²) in [5.41, 5.74) is 1.34. The van der Waals surface area contributed by atoms with Gasteiger partial charge in [0.2, 0.25) is 0 Å². The third-order valence-electron chi connectivity index (χ3n) is 1.66. The van der Waals surface area contributed by atoms with Crippen molar-refractivity contribution in [2.75, 3.05) is 0 Å². The van der Waals surface area contributed by atoms with Crippen LogP contribution in [-0.2, 0) is 4.79 Å². The Bertz CT molecular complexity index is 136. The van der Waals surface area contributed by atoms with E-state index in [0.29, 0.717) is 0 Å². The second kappa shape index (κ2) is 6.14. The van der Waals surface area contributed by atoms with Crippen molar-refractivity contribution >= 4 is 6.29 Å². The van der Waals surface area contributed by atoms with Crippen LogP contribution in [0.1, 0.15) is 40.0 Å². The van der Waals surface area contributed by atoms with Gasteiger partial charge in [0.25, 0.3) is 0 Å². The number of carbonyl (C=O) groups excluding carboxylic acids is 1. The molecule has 0 N–H and O–H groups in total. The van der Waals surface area contributed by atoms with E-state index in [1.54, 1.807) is 0 Å². The zero-order chi connectivity index (χ0) is 8.69. The summed E-state index contributed by atoms with van der Waals surface area (Å²) in [6, 6.07) is 0. The van der Waals surface area contributed by atoms with Crippen LogP contribution >= 0.6 is 0 Å². The zero-order valence-electron chi connectivity index (χ0n) is 7.76. The molecular weight excluding hydrogens is 136 g/mol. The molecule has 0 bridgehead atoms. The van der Waals surface area contributed by atoms with E-state index < -0.39 is 0 Å². The van der Waals surface area contributed by atoms with Crippen LogP contribution in [0.2, 0.25) is 0 Å². The number of allylic oxidation sites excluding steroid dienone is 2. The third kappa shape index (κ3) is 5.84. The van der Waals surface area contributed by atoms with Gasteiger partial charge in [-0.1, -0.05) is 31.9 Å². The molecular formula is C10H18O. The molecule has 0 aliphatic rings. The zero-order valence-corrected chi connectivity index (χ0v) is 7.76. The van der Waals surface area contributed by atoms with Crippen LogP contribution in [-0.4, -0.2) is 6.29 Å². The van der Waals surface area contributed by atoms with Gasteiger partial charge in [-0.05, 0) is 19.8 Å². The van der Waals surface area contributed by atoms with Crippen molar-refractivity contribution in [1.82, 2.24) is 0 Å². The summed E-state index contributed by atoms with van der Waals surface area (Å²) < 4.78 is 0. The Labute approximate surface area is 69.5 Å². The molecule has 0 spiro atoms. The third-order valence-corrected chi connectivity index (χ3v) is 1.66. The highest BCUT2D eigenvalue weighted by molar-refractivity contribution is 5.53. The van der Waals surface area contributed by atoms with Gasteiger partial charge in [-0.2, -0.15) is 0 Å². The predicted octanol–water partition coefficient (Wildman–Crippen LogP) is 2.96. The first-order valence-corrected chi connectivity index (χ1v) is 4.31. The van der Waals surface area contributed by atoms with Crippen molar-refractivity contribution in [2.45, 2.75) is 40.0 Å². The van der Waals surface area contributed by atoms with E-state index in [1.807, 2.05) is 6.92 Å². The maximum atomic E-state index is 10.3. The predicted molar refractivity (Wildman–Crippen MR) is 48.5 cm³/mol. The van der Waals surface area contributed by atoms with Crippen LogP contribution in [0.3, 0.4) is 0 Å². The Hall–Kier alpha value is -0.590. The topological polar surface area (TPSA) is 17.1 Å². The normalized spacial score (nSPS) is 14.6. The second-order valence-electron chi connectivity index (χ2n) is 3.16. The quantitative estimate of drug-likeness (QED) is 0.439. The molecule has 64 valence electrons. The molecule has 1 unspecified atom stereocenters. The van der Waals surface area contributed by atoms with E-state index in [1.165, 1.54) is 12.0 Å². The fourth-order valence-corrected chi connectivity index (χ4v) is 1.03. The van der Waals surface area contributed by atoms with Gasteiger partial charge in [0.1, 0.15) is 6.29 Å². The highest BCUT2D eigenvalue weighted by Gasteiger charge is 1.98. The summed E-state index contributed by atoms with van der Waals surface area (Å²) >= 11 is 0. The van der Waals surface area contributed by atoms with Gasteiger partial charge in [0.05, 0.1) is 0 Å². The highest BCUT2D eigenvalue weighted by atomic mass is 16.1. The standard InChI is InChI=1S/C10H18O/c1-4-5-6-9(2)7-10(3)8-11/h6,8,10H,4-5,7H2,1-3H3. The van der Waals surface area contributed by atoms with E-state index in [2.05, 4.69) is 19.9 Å². The van der Waals surface area contributed by atoms with Crippen molar-refractivity contribution in [3.05, 3.63) is 11.6 Å². The first kappa shape index (κ1) is 10.4. The van der Waals surface area contributed by atoms with E-state index >= 15 is 0 Å². The molecule has 0 radical (unpaired) electrons. The van der Waals surface area contributed by atoms with Crippen LogP contribution in [0.5, 0.6) is 0 Å². The smallest absolute Gasteiger partial charge is 0.123 e. The molecule has 1 heteroatoms. The van der Waals surface area contributed by atoms with Gasteiger partial charge >= 0.3 is 0 Å². The summed E-state index contributed by atoms with van der Waals surface area (Å²) in [7, 11) is 0. The number of hydrogen-bond acceptors (Lipinski definition) is 1. The SMILES string of the molecule is CCCC=C(C)CC(C)C=O. The molecule has 0 saturated heterocycles. The fraction of sp³-hybridized carbons (Fsp3) is 0.700. The van der Waals surface area contributed by atoms with Gasteiger partial charge in [0, 0.05) is 5.92 Å². The Balaban J connectivity index is 3.65. The van der Waals surface area contributed by atoms with Crippen molar-refractivity contribution in [3.63, 3.8) is 0 Å². The molecule has 0 aromatic heterocycles. The maximum absolute atomic E-state index is 10.3. The van der Waals surface area contributed by atoms with Gasteiger partial charge in [0.15, 0.2) is 0 Å². The lowest BCUT2D eigenvalue weighted by Crippen LogP contribution is -1.95. The lowest BCUT2D eigenvalue weighted by molar-refractivity contribution is -0.110. The molecule has 0 amide bonds. The number of unbranched alkanes of at least 4 members (excludes halogenated alkanes) is 1. The van der Waals surface area contributed by atoms with Crippen LogP contribution in [0.15, 0.2) is 11.6 Å². The number of aldehydes is 1. The Morgan fingerprint density at radius 2 is 2.18 bits per heavy atom. The number of hydrogen-bond donors (Lipinski definition) is 0. The average Bonchev–Trinajstić information content (AvgIpc) is 2.00. The Kier molecular flexibility index (Phi) is 5.81. The lowest BCUT2D eigenvalue weighted by Gasteiger charge is -2.02. The summed E-state index contributed by atoms with van der Waals surface area (Å²) in [4.78, 5) is 10.3. The molecule has 0 fully saturated rings. The van der Waals surface area contributed by atoms with E-state index in [9.17, 15) is 4.79 Å². The van der Waals surface area contributed by atoms with Gasteiger partial charge in [-0.25, -0.2) is 0 Å². The fourth-order valence-electron chi connectivity index (χ4n) is 1.03. The molecule has 0 saturated carbocycles. The molecule has 0 aromatic carbocycles. The van der Waals surface area contributed by atoms with Crippen molar-refractivity contribution < 1.29 is 4.79 Å². The monoisotopic (exact) mass is 154 g/mol. The summed E-state index contributed by atoms with van der Waals surface area (Å²) in [6.45, 7) is 6.21. The Morgan fingerprint density at radius 1 is 1.55 bits per heavy atom. The minimum absolute atomic E-state index is 0.183. The van der Waals surface area contributed by atoms with E-state index in [4.69, 9.17) is 0 Å². The van der Waals surface area contributed by atoms with Gasteiger partial charge < -0.3 is 4.79 Å². The number of rotatable bonds is 5. The van der Waals surface area contributed by atoms with Crippen LogP contribution < -0.4 is 0 Å². The molecule has 0 aromatic rings. The molecule has 0 rings (SSSR count). The number of carbonyl (C=O) groups is 1. The van der Waals surface area contributed by atoms with Crippen molar-refractivity contribution in [3.8, 4) is 0 Å². The van der Waals surface area contributed by atoms with Crippen LogP contribution in [0.4, 0.5) is 0 Å². The molecule has 0 aliphatic heterocycles. The minimum Gasteiger partial charge on any atom is -0.303 e. The Morgan fingerprint density at radius 3 is 2.64 bits per heavy atom. The largest absolute Gasteiger partial charge is 0.303 e. The van der Waals surface area contributed by atoms with Crippen molar-refractivity contribution in [2.24, 2.45) is 5.92 Å². The van der Waals surface area contributed by atoms with E-state index in [-0.39, 0.29) is 5.92 Å². The van der Waals surface area contributed by atoms with Crippen LogP contribution in [0, 0.1) is 5.92 Å². The lowest BCUT2D eigenvalue weighted by atomic mass is 10.0. The molecule has 11 heavy (non-hydrogen) atoms. The molecule has 1 nitrogen and oxygen atoms in total. The summed E-state index contributed by atoms with van der Waals surface area (Å²) in [6.07, 6.45) is 6.48. The highest BCUT2D eigenvalue weighted by Crippen LogP contribution is 2.09. The second-order valence-corrected chi connectivity index (χ2v) is 3.16. The molecule has 0 heterocycles. The minimum atomic E-state index is 0.183. The summed E-state index contributed by atoms with van der Waals surface area (Å²) in [5, 5.41) is 0. The van der Waals surface area contributed by atoms with E-state index in [0.717, 1.165) is 19.1 Å². The first-order chi connectivity index (χ1) is 5.20. The van der Waals surface area contributed by atoms with Crippen molar-refractivity contribution in [1.29, 1.82) is 0 Å². The van der Waals surface area contributed by atoms with Gasteiger partial charge in [-0.15, -0.1) is 0 Å². The van der Waals surface area contributed by atoms with Crippen LogP contribution in [0.25, 0.3) is 0 Å². The molecule has 1 atom stereocenters. The first-order valence-electron chi connectivity index (χ1n) is 4.31. The maximum Gasteiger partial charge on any atom is 0.123 e. The summed E-state index contributed by atoms with van der Waals surface area (Å²) in [5.74, 6) is 0.183. The van der Waals surface area contributed by atoms with Gasteiger partial charge in [-0.3, -0.25) is 0 Å². The molecule has 0 aliphatic carbocycles.